The molecule has 0 radical (unpaired) electrons. The van der Waals surface area contributed by atoms with Crippen molar-refractivity contribution in [1.82, 2.24) is 15.2 Å². The number of H-pyrrole nitrogens is 1. The molecule has 1 N–H and O–H groups in total. The smallest absolute Gasteiger partial charge is 0.128 e. The molecule has 2 aromatic heterocycles. The van der Waals surface area contributed by atoms with Gasteiger partial charge in [-0.2, -0.15) is 5.10 Å². The number of anilines is 1. The van der Waals surface area contributed by atoms with Gasteiger partial charge in [-0.1, -0.05) is 6.07 Å². The highest BCUT2D eigenvalue weighted by Gasteiger charge is 2.22. The average Bonchev–Trinajstić information content (AvgIpc) is 2.85. The summed E-state index contributed by atoms with van der Waals surface area (Å²) >= 11 is 0. The Morgan fingerprint density at radius 2 is 2.25 bits per heavy atom. The summed E-state index contributed by atoms with van der Waals surface area (Å²) in [4.78, 5) is 7.08. The third kappa shape index (κ3) is 2.84. The van der Waals surface area contributed by atoms with Gasteiger partial charge in [0.1, 0.15) is 5.82 Å². The molecule has 1 fully saturated rings. The van der Waals surface area contributed by atoms with Gasteiger partial charge in [0, 0.05) is 24.5 Å². The molecule has 0 saturated carbocycles. The Bertz CT molecular complexity index is 575. The van der Waals surface area contributed by atoms with E-state index in [1.165, 1.54) is 24.1 Å². The van der Waals surface area contributed by atoms with Gasteiger partial charge in [-0.05, 0) is 56.7 Å². The van der Waals surface area contributed by atoms with Gasteiger partial charge in [0.2, 0.25) is 0 Å². The fourth-order valence-corrected chi connectivity index (χ4v) is 3.01. The second-order valence-corrected chi connectivity index (χ2v) is 5.83. The first kappa shape index (κ1) is 13.2. The van der Waals surface area contributed by atoms with Crippen LogP contribution in [0.4, 0.5) is 5.82 Å². The number of pyridine rings is 1. The lowest BCUT2D eigenvalue weighted by atomic mass is 9.92. The van der Waals surface area contributed by atoms with Crippen LogP contribution in [-0.2, 0) is 6.42 Å². The van der Waals surface area contributed by atoms with E-state index in [0.717, 1.165) is 31.0 Å². The molecule has 1 atom stereocenters. The maximum absolute atomic E-state index is 4.65. The Morgan fingerprint density at radius 3 is 3.00 bits per heavy atom. The van der Waals surface area contributed by atoms with E-state index in [9.17, 15) is 0 Å². The van der Waals surface area contributed by atoms with Crippen LogP contribution >= 0.6 is 0 Å². The van der Waals surface area contributed by atoms with Gasteiger partial charge in [-0.25, -0.2) is 4.98 Å². The number of nitrogens with one attached hydrogen (secondary N) is 1. The third-order valence-corrected chi connectivity index (χ3v) is 4.14. The van der Waals surface area contributed by atoms with Crippen LogP contribution in [0.25, 0.3) is 0 Å². The lowest BCUT2D eigenvalue weighted by molar-refractivity contribution is 0.407. The SMILES string of the molecule is Cc1cccc(N2CCC[C@H](Cc3[nH]ncc3C)C2)n1. The summed E-state index contributed by atoms with van der Waals surface area (Å²) in [6.45, 7) is 6.39. The molecule has 3 rings (SSSR count). The molecule has 20 heavy (non-hydrogen) atoms. The van der Waals surface area contributed by atoms with Crippen molar-refractivity contribution in [3.63, 3.8) is 0 Å². The molecular formula is C16H22N4. The van der Waals surface area contributed by atoms with E-state index < -0.39 is 0 Å². The zero-order valence-electron chi connectivity index (χ0n) is 12.3. The Kier molecular flexibility index (Phi) is 3.72. The molecule has 3 heterocycles. The van der Waals surface area contributed by atoms with Crippen LogP contribution in [0.1, 0.15) is 29.8 Å². The first-order valence-electron chi connectivity index (χ1n) is 7.40. The third-order valence-electron chi connectivity index (χ3n) is 4.14. The Balaban J connectivity index is 1.69. The average molecular weight is 270 g/mol. The second kappa shape index (κ2) is 5.65. The van der Waals surface area contributed by atoms with Crippen LogP contribution in [0.2, 0.25) is 0 Å². The molecule has 4 nitrogen and oxygen atoms in total. The highest BCUT2D eigenvalue weighted by atomic mass is 15.2. The zero-order chi connectivity index (χ0) is 13.9. The summed E-state index contributed by atoms with van der Waals surface area (Å²) in [5.41, 5.74) is 3.65. The fourth-order valence-electron chi connectivity index (χ4n) is 3.01. The summed E-state index contributed by atoms with van der Waals surface area (Å²) < 4.78 is 0. The van der Waals surface area contributed by atoms with Crippen LogP contribution in [0.15, 0.2) is 24.4 Å². The van der Waals surface area contributed by atoms with Gasteiger partial charge in [-0.15, -0.1) is 0 Å². The topological polar surface area (TPSA) is 44.8 Å². The molecule has 1 aliphatic rings. The number of piperidine rings is 1. The minimum absolute atomic E-state index is 0.685. The van der Waals surface area contributed by atoms with E-state index in [1.54, 1.807) is 0 Å². The van der Waals surface area contributed by atoms with Gasteiger partial charge in [0.15, 0.2) is 0 Å². The highest BCUT2D eigenvalue weighted by molar-refractivity contribution is 5.39. The van der Waals surface area contributed by atoms with Crippen molar-refractivity contribution in [3.05, 3.63) is 41.3 Å². The minimum Gasteiger partial charge on any atom is -0.356 e. The highest BCUT2D eigenvalue weighted by Crippen LogP contribution is 2.24. The normalized spacial score (nSPS) is 19.3. The summed E-state index contributed by atoms with van der Waals surface area (Å²) in [5, 5.41) is 7.26. The summed E-state index contributed by atoms with van der Waals surface area (Å²) in [7, 11) is 0. The Hall–Kier alpha value is -1.84. The van der Waals surface area contributed by atoms with E-state index in [1.807, 2.05) is 6.20 Å². The molecule has 2 aromatic rings. The number of rotatable bonds is 3. The number of aryl methyl sites for hydroxylation is 2. The predicted octanol–water partition coefficient (Wildman–Crippen LogP) is 2.88. The fraction of sp³-hybridized carbons (Fsp3) is 0.500. The quantitative estimate of drug-likeness (QED) is 0.932. The number of hydrogen-bond acceptors (Lipinski definition) is 3. The Morgan fingerprint density at radius 1 is 1.35 bits per heavy atom. The predicted molar refractivity (Wildman–Crippen MR) is 80.9 cm³/mol. The number of aromatic amines is 1. The molecule has 4 heteroatoms. The van der Waals surface area contributed by atoms with Crippen molar-refractivity contribution in [3.8, 4) is 0 Å². The first-order chi connectivity index (χ1) is 9.72. The van der Waals surface area contributed by atoms with Crippen LogP contribution < -0.4 is 4.90 Å². The molecule has 0 spiro atoms. The van der Waals surface area contributed by atoms with Crippen molar-refractivity contribution >= 4 is 5.82 Å². The van der Waals surface area contributed by atoms with Gasteiger partial charge < -0.3 is 4.90 Å². The number of nitrogens with zero attached hydrogens (tertiary/aromatic N) is 3. The van der Waals surface area contributed by atoms with E-state index >= 15 is 0 Å². The first-order valence-corrected chi connectivity index (χ1v) is 7.40. The number of hydrogen-bond donors (Lipinski definition) is 1. The van der Waals surface area contributed by atoms with Crippen molar-refractivity contribution in [2.24, 2.45) is 5.92 Å². The molecular weight excluding hydrogens is 248 g/mol. The molecule has 0 aliphatic carbocycles. The largest absolute Gasteiger partial charge is 0.356 e. The molecule has 106 valence electrons. The second-order valence-electron chi connectivity index (χ2n) is 5.83. The Labute approximate surface area is 120 Å². The van der Waals surface area contributed by atoms with E-state index in [2.05, 4.69) is 52.1 Å². The molecule has 1 aliphatic heterocycles. The van der Waals surface area contributed by atoms with E-state index in [4.69, 9.17) is 0 Å². The molecule has 0 bridgehead atoms. The standard InChI is InChI=1S/C16H22N4/c1-12-10-17-19-15(12)9-14-6-4-8-20(11-14)16-7-3-5-13(2)18-16/h3,5,7,10,14H,4,6,8-9,11H2,1-2H3,(H,17,19)/t14-/m1/s1. The van der Waals surface area contributed by atoms with E-state index in [-0.39, 0.29) is 0 Å². The van der Waals surface area contributed by atoms with Gasteiger partial charge in [0.05, 0.1) is 6.20 Å². The van der Waals surface area contributed by atoms with Crippen molar-refractivity contribution in [2.45, 2.75) is 33.1 Å². The summed E-state index contributed by atoms with van der Waals surface area (Å²) in [5.74, 6) is 1.81. The maximum Gasteiger partial charge on any atom is 0.128 e. The van der Waals surface area contributed by atoms with Crippen molar-refractivity contribution in [1.29, 1.82) is 0 Å². The van der Waals surface area contributed by atoms with E-state index in [0.29, 0.717) is 5.92 Å². The van der Waals surface area contributed by atoms with Gasteiger partial charge >= 0.3 is 0 Å². The number of aromatic nitrogens is 3. The molecule has 0 amide bonds. The van der Waals surface area contributed by atoms with Crippen molar-refractivity contribution in [2.75, 3.05) is 18.0 Å². The molecule has 1 saturated heterocycles. The van der Waals surface area contributed by atoms with Crippen molar-refractivity contribution < 1.29 is 0 Å². The van der Waals surface area contributed by atoms with Crippen LogP contribution in [0.5, 0.6) is 0 Å². The molecule has 0 unspecified atom stereocenters. The lowest BCUT2D eigenvalue weighted by Crippen LogP contribution is -2.36. The van der Waals surface area contributed by atoms with Crippen LogP contribution in [0, 0.1) is 19.8 Å². The van der Waals surface area contributed by atoms with Gasteiger partial charge in [-0.3, -0.25) is 5.10 Å². The monoisotopic (exact) mass is 270 g/mol. The van der Waals surface area contributed by atoms with Crippen LogP contribution in [-0.4, -0.2) is 28.3 Å². The minimum atomic E-state index is 0.685. The van der Waals surface area contributed by atoms with Crippen LogP contribution in [0.3, 0.4) is 0 Å². The summed E-state index contributed by atoms with van der Waals surface area (Å²) in [6.07, 6.45) is 5.54. The maximum atomic E-state index is 4.65. The van der Waals surface area contributed by atoms with Gasteiger partial charge in [0.25, 0.3) is 0 Å². The lowest BCUT2D eigenvalue weighted by Gasteiger charge is -2.33. The summed E-state index contributed by atoms with van der Waals surface area (Å²) in [6, 6.07) is 6.27. The zero-order valence-corrected chi connectivity index (χ0v) is 12.3. The molecule has 0 aromatic carbocycles.